The molecular weight excluding hydrogens is 280 g/mol. The van der Waals surface area contributed by atoms with E-state index >= 15 is 0 Å². The number of thioether (sulfide) groups is 1. The van der Waals surface area contributed by atoms with Crippen LogP contribution in [-0.4, -0.2) is 12.3 Å². The van der Waals surface area contributed by atoms with Crippen molar-refractivity contribution in [1.29, 1.82) is 0 Å². The van der Waals surface area contributed by atoms with Gasteiger partial charge in [-0.25, -0.2) is 0 Å². The van der Waals surface area contributed by atoms with E-state index in [-0.39, 0.29) is 5.75 Å². The zero-order valence-corrected chi connectivity index (χ0v) is 13.5. The molecule has 0 atom stereocenters. The quantitative estimate of drug-likeness (QED) is 0.712. The van der Waals surface area contributed by atoms with E-state index < -0.39 is 5.76 Å². The molecular formula is C15H25F2NOS. The molecule has 0 saturated carbocycles. The van der Waals surface area contributed by atoms with Crippen molar-refractivity contribution in [2.24, 2.45) is 17.8 Å². The van der Waals surface area contributed by atoms with Gasteiger partial charge in [0, 0.05) is 0 Å². The first-order chi connectivity index (χ1) is 9.40. The molecule has 0 saturated heterocycles. The van der Waals surface area contributed by atoms with E-state index in [4.69, 9.17) is 4.42 Å². The first-order valence-electron chi connectivity index (χ1n) is 7.08. The van der Waals surface area contributed by atoms with Crippen LogP contribution in [-0.2, 0) is 12.3 Å². The first kappa shape index (κ1) is 17.5. The molecule has 0 unspecified atom stereocenters. The van der Waals surface area contributed by atoms with E-state index in [0.717, 1.165) is 12.3 Å². The fourth-order valence-corrected chi connectivity index (χ4v) is 2.79. The molecule has 0 spiro atoms. The maximum absolute atomic E-state index is 12.1. The predicted octanol–water partition coefficient (Wildman–Crippen LogP) is 4.75. The standard InChI is InChI=1S/C15H25F2NOS/c1-10(2)14(11(3)4)8-18-7-12-5-6-13(19-12)9-20-15(16)17/h5-6,10-11,14-15,18H,7-9H2,1-4H3. The smallest absolute Gasteiger partial charge is 0.284 e. The van der Waals surface area contributed by atoms with Gasteiger partial charge in [0.1, 0.15) is 11.5 Å². The zero-order chi connectivity index (χ0) is 15.1. The van der Waals surface area contributed by atoms with Gasteiger partial charge in [0.2, 0.25) is 0 Å². The van der Waals surface area contributed by atoms with Crippen molar-refractivity contribution in [2.45, 2.75) is 45.8 Å². The van der Waals surface area contributed by atoms with Crippen molar-refractivity contribution in [2.75, 3.05) is 6.54 Å². The van der Waals surface area contributed by atoms with E-state index in [2.05, 4.69) is 33.0 Å². The third kappa shape index (κ3) is 6.27. The van der Waals surface area contributed by atoms with Crippen LogP contribution in [0.2, 0.25) is 0 Å². The summed E-state index contributed by atoms with van der Waals surface area (Å²) < 4.78 is 29.7. The Morgan fingerprint density at radius 3 is 2.25 bits per heavy atom. The molecule has 1 aromatic heterocycles. The molecule has 0 aliphatic rings. The minimum atomic E-state index is -2.35. The Morgan fingerprint density at radius 1 is 1.10 bits per heavy atom. The summed E-state index contributed by atoms with van der Waals surface area (Å²) in [4.78, 5) is 0. The lowest BCUT2D eigenvalue weighted by atomic mass is 9.85. The van der Waals surface area contributed by atoms with Crippen LogP contribution < -0.4 is 5.32 Å². The Balaban J connectivity index is 2.35. The van der Waals surface area contributed by atoms with Crippen molar-refractivity contribution >= 4 is 11.8 Å². The normalized spacial score (nSPS) is 12.3. The fraction of sp³-hybridized carbons (Fsp3) is 0.733. The molecule has 2 nitrogen and oxygen atoms in total. The van der Waals surface area contributed by atoms with Gasteiger partial charge in [-0.1, -0.05) is 39.5 Å². The van der Waals surface area contributed by atoms with Crippen LogP contribution in [0.5, 0.6) is 0 Å². The van der Waals surface area contributed by atoms with Crippen LogP contribution in [0, 0.1) is 17.8 Å². The number of hydrogen-bond donors (Lipinski definition) is 1. The van der Waals surface area contributed by atoms with Crippen LogP contribution in [0.15, 0.2) is 16.5 Å². The number of nitrogens with one attached hydrogen (secondary N) is 1. The summed E-state index contributed by atoms with van der Waals surface area (Å²) in [6.07, 6.45) is 0. The van der Waals surface area contributed by atoms with Gasteiger partial charge in [0.25, 0.3) is 5.76 Å². The number of alkyl halides is 2. The predicted molar refractivity (Wildman–Crippen MR) is 80.9 cm³/mol. The Labute approximate surface area is 124 Å². The highest BCUT2D eigenvalue weighted by Gasteiger charge is 2.17. The maximum Gasteiger partial charge on any atom is 0.284 e. The second-order valence-electron chi connectivity index (χ2n) is 5.72. The molecule has 20 heavy (non-hydrogen) atoms. The van der Waals surface area contributed by atoms with Gasteiger partial charge in [0.05, 0.1) is 12.3 Å². The highest BCUT2D eigenvalue weighted by molar-refractivity contribution is 7.98. The molecule has 0 aliphatic carbocycles. The lowest BCUT2D eigenvalue weighted by Crippen LogP contribution is -2.29. The molecule has 0 aromatic carbocycles. The average molecular weight is 305 g/mol. The van der Waals surface area contributed by atoms with Crippen molar-refractivity contribution in [3.8, 4) is 0 Å². The number of hydrogen-bond acceptors (Lipinski definition) is 3. The summed E-state index contributed by atoms with van der Waals surface area (Å²) in [5, 5.41) is 3.39. The monoisotopic (exact) mass is 305 g/mol. The second-order valence-corrected chi connectivity index (χ2v) is 6.70. The molecule has 0 radical (unpaired) electrons. The van der Waals surface area contributed by atoms with E-state index in [1.807, 2.05) is 6.07 Å². The van der Waals surface area contributed by atoms with Crippen LogP contribution in [0.4, 0.5) is 8.78 Å². The van der Waals surface area contributed by atoms with Gasteiger partial charge in [-0.05, 0) is 36.4 Å². The Hall–Kier alpha value is -0.550. The van der Waals surface area contributed by atoms with Gasteiger partial charge in [-0.15, -0.1) is 0 Å². The lowest BCUT2D eigenvalue weighted by Gasteiger charge is -2.24. The molecule has 0 amide bonds. The summed E-state index contributed by atoms with van der Waals surface area (Å²) >= 11 is 0.587. The number of furan rings is 1. The van der Waals surface area contributed by atoms with E-state index in [1.54, 1.807) is 6.07 Å². The van der Waals surface area contributed by atoms with Crippen molar-refractivity contribution < 1.29 is 13.2 Å². The van der Waals surface area contributed by atoms with Crippen LogP contribution >= 0.6 is 11.8 Å². The Kier molecular flexibility index (Phi) is 7.59. The fourth-order valence-electron chi connectivity index (χ4n) is 2.34. The highest BCUT2D eigenvalue weighted by atomic mass is 32.2. The lowest BCUT2D eigenvalue weighted by molar-refractivity contribution is 0.251. The minimum absolute atomic E-state index is 0.221. The van der Waals surface area contributed by atoms with Crippen molar-refractivity contribution in [3.63, 3.8) is 0 Å². The minimum Gasteiger partial charge on any atom is -0.464 e. The first-order valence-corrected chi connectivity index (χ1v) is 8.13. The highest BCUT2D eigenvalue weighted by Crippen LogP contribution is 2.22. The summed E-state index contributed by atoms with van der Waals surface area (Å²) in [6.45, 7) is 10.5. The van der Waals surface area contributed by atoms with Gasteiger partial charge < -0.3 is 9.73 Å². The largest absolute Gasteiger partial charge is 0.464 e. The summed E-state index contributed by atoms with van der Waals surface area (Å²) in [5.41, 5.74) is 0. The van der Waals surface area contributed by atoms with E-state index in [0.29, 0.717) is 41.8 Å². The van der Waals surface area contributed by atoms with Gasteiger partial charge in [-0.3, -0.25) is 0 Å². The second kappa shape index (κ2) is 8.67. The SMILES string of the molecule is CC(C)C(CNCc1ccc(CSC(F)F)o1)C(C)C. The number of rotatable bonds is 9. The van der Waals surface area contributed by atoms with E-state index in [1.165, 1.54) is 0 Å². The third-order valence-electron chi connectivity index (χ3n) is 3.46. The molecule has 0 bridgehead atoms. The zero-order valence-electron chi connectivity index (χ0n) is 12.7. The summed E-state index contributed by atoms with van der Waals surface area (Å²) in [7, 11) is 0. The van der Waals surface area contributed by atoms with Crippen LogP contribution in [0.1, 0.15) is 39.2 Å². The van der Waals surface area contributed by atoms with E-state index in [9.17, 15) is 8.78 Å². The van der Waals surface area contributed by atoms with Gasteiger partial charge in [-0.2, -0.15) is 8.78 Å². The number of halogens is 2. The molecule has 0 aliphatic heterocycles. The third-order valence-corrected chi connectivity index (χ3v) is 4.16. The van der Waals surface area contributed by atoms with Crippen LogP contribution in [0.25, 0.3) is 0 Å². The molecule has 116 valence electrons. The average Bonchev–Trinajstić information content (AvgIpc) is 2.79. The summed E-state index contributed by atoms with van der Waals surface area (Å²) in [5.74, 6) is 1.18. The Bertz CT molecular complexity index is 372. The molecule has 5 heteroatoms. The molecule has 0 fully saturated rings. The van der Waals surface area contributed by atoms with Crippen molar-refractivity contribution in [3.05, 3.63) is 23.7 Å². The summed E-state index contributed by atoms with van der Waals surface area (Å²) in [6, 6.07) is 3.63. The molecule has 1 N–H and O–H groups in total. The van der Waals surface area contributed by atoms with Crippen LogP contribution in [0.3, 0.4) is 0 Å². The van der Waals surface area contributed by atoms with Crippen molar-refractivity contribution in [1.82, 2.24) is 5.32 Å². The topological polar surface area (TPSA) is 25.2 Å². The van der Waals surface area contributed by atoms with Gasteiger partial charge >= 0.3 is 0 Å². The maximum atomic E-state index is 12.1. The Morgan fingerprint density at radius 2 is 1.70 bits per heavy atom. The molecule has 1 rings (SSSR count). The van der Waals surface area contributed by atoms with Gasteiger partial charge in [0.15, 0.2) is 0 Å². The molecule has 1 aromatic rings. The molecule has 1 heterocycles.